The molecular weight excluding hydrogens is 248 g/mol. The molecule has 0 unspecified atom stereocenters. The molecule has 1 N–H and O–H groups in total. The van der Waals surface area contributed by atoms with Gasteiger partial charge in [-0.25, -0.2) is 18.7 Å². The summed E-state index contributed by atoms with van der Waals surface area (Å²) in [6, 6.07) is 3.40. The van der Waals surface area contributed by atoms with Gasteiger partial charge in [0, 0.05) is 23.7 Å². The summed E-state index contributed by atoms with van der Waals surface area (Å²) in [4.78, 5) is 8.32. The van der Waals surface area contributed by atoms with E-state index >= 15 is 0 Å². The van der Waals surface area contributed by atoms with E-state index in [0.29, 0.717) is 23.5 Å². The number of hydrogen-bond donors (Lipinski definition) is 1. The molecule has 2 rings (SSSR count). The van der Waals surface area contributed by atoms with Gasteiger partial charge in [-0.05, 0) is 25.5 Å². The highest BCUT2D eigenvalue weighted by Gasteiger charge is 2.12. The molecule has 1 aromatic heterocycles. The van der Waals surface area contributed by atoms with Crippen LogP contribution in [0, 0.1) is 11.6 Å². The molecule has 0 radical (unpaired) electrons. The molecule has 1 aromatic carbocycles. The summed E-state index contributed by atoms with van der Waals surface area (Å²) in [6.07, 6.45) is 2.08. The maximum absolute atomic E-state index is 13.3. The van der Waals surface area contributed by atoms with Crippen LogP contribution in [0.15, 0.2) is 24.5 Å². The monoisotopic (exact) mass is 263 g/mol. The standard InChI is InChI=1S/C14H15F2N3/c1-3-12-13(18-8-19-14(12)17-4-2)9-5-10(15)7-11(16)6-9/h5-8H,3-4H2,1-2H3,(H,17,18,19). The molecule has 1 heterocycles. The van der Waals surface area contributed by atoms with E-state index in [-0.39, 0.29) is 0 Å². The predicted octanol–water partition coefficient (Wildman–Crippen LogP) is 3.42. The number of aromatic nitrogens is 2. The molecule has 0 fully saturated rings. The average Bonchev–Trinajstić information content (AvgIpc) is 2.37. The minimum atomic E-state index is -0.610. The molecule has 0 saturated heterocycles. The van der Waals surface area contributed by atoms with Crippen molar-refractivity contribution in [3.63, 3.8) is 0 Å². The van der Waals surface area contributed by atoms with Crippen LogP contribution in [0.2, 0.25) is 0 Å². The highest BCUT2D eigenvalue weighted by Crippen LogP contribution is 2.27. The van der Waals surface area contributed by atoms with Crippen molar-refractivity contribution in [1.29, 1.82) is 0 Å². The third kappa shape index (κ3) is 2.86. The number of nitrogens with zero attached hydrogens (tertiary/aromatic N) is 2. The Morgan fingerprint density at radius 1 is 1.05 bits per heavy atom. The van der Waals surface area contributed by atoms with Crippen LogP contribution in [0.25, 0.3) is 11.3 Å². The SMILES string of the molecule is CCNc1ncnc(-c2cc(F)cc(F)c2)c1CC. The van der Waals surface area contributed by atoms with Gasteiger partial charge in [-0.1, -0.05) is 6.92 Å². The second kappa shape index (κ2) is 5.73. The largest absolute Gasteiger partial charge is 0.370 e. The van der Waals surface area contributed by atoms with E-state index in [2.05, 4.69) is 15.3 Å². The number of rotatable bonds is 4. The first-order valence-electron chi connectivity index (χ1n) is 6.19. The fourth-order valence-electron chi connectivity index (χ4n) is 2.01. The summed E-state index contributed by atoms with van der Waals surface area (Å²) in [6.45, 7) is 4.64. The lowest BCUT2D eigenvalue weighted by molar-refractivity contribution is 0.584. The van der Waals surface area contributed by atoms with Gasteiger partial charge in [-0.2, -0.15) is 0 Å². The van der Waals surface area contributed by atoms with Crippen molar-refractivity contribution in [3.8, 4) is 11.3 Å². The van der Waals surface area contributed by atoms with Gasteiger partial charge in [0.15, 0.2) is 0 Å². The van der Waals surface area contributed by atoms with Crippen molar-refractivity contribution in [2.24, 2.45) is 0 Å². The van der Waals surface area contributed by atoms with E-state index in [0.717, 1.165) is 18.2 Å². The lowest BCUT2D eigenvalue weighted by atomic mass is 10.0. The molecular formula is C14H15F2N3. The van der Waals surface area contributed by atoms with Crippen LogP contribution in [0.1, 0.15) is 19.4 Å². The number of halogens is 2. The first kappa shape index (κ1) is 13.4. The van der Waals surface area contributed by atoms with Gasteiger partial charge in [0.05, 0.1) is 5.69 Å². The van der Waals surface area contributed by atoms with Gasteiger partial charge in [-0.15, -0.1) is 0 Å². The molecule has 2 aromatic rings. The molecule has 0 amide bonds. The molecule has 0 spiro atoms. The average molecular weight is 263 g/mol. The van der Waals surface area contributed by atoms with Crippen LogP contribution in [-0.4, -0.2) is 16.5 Å². The number of anilines is 1. The summed E-state index contributed by atoms with van der Waals surface area (Å²) in [7, 11) is 0. The molecule has 19 heavy (non-hydrogen) atoms. The lowest BCUT2D eigenvalue weighted by Gasteiger charge is -2.12. The van der Waals surface area contributed by atoms with Crippen LogP contribution in [-0.2, 0) is 6.42 Å². The van der Waals surface area contributed by atoms with E-state index in [1.165, 1.54) is 18.5 Å². The smallest absolute Gasteiger partial charge is 0.133 e. The van der Waals surface area contributed by atoms with Crippen molar-refractivity contribution < 1.29 is 8.78 Å². The Bertz CT molecular complexity index is 565. The quantitative estimate of drug-likeness (QED) is 0.918. The Kier molecular flexibility index (Phi) is 4.04. The molecule has 0 bridgehead atoms. The van der Waals surface area contributed by atoms with E-state index < -0.39 is 11.6 Å². The zero-order valence-electron chi connectivity index (χ0n) is 10.9. The third-order valence-corrected chi connectivity index (χ3v) is 2.78. The second-order valence-electron chi connectivity index (χ2n) is 4.09. The Hall–Kier alpha value is -2.04. The fraction of sp³-hybridized carbons (Fsp3) is 0.286. The summed E-state index contributed by atoms with van der Waals surface area (Å²) in [5, 5.41) is 3.13. The summed E-state index contributed by atoms with van der Waals surface area (Å²) in [5.74, 6) is -0.513. The minimum absolute atomic E-state index is 0.427. The van der Waals surface area contributed by atoms with Gasteiger partial charge >= 0.3 is 0 Å². The maximum atomic E-state index is 13.3. The summed E-state index contributed by atoms with van der Waals surface area (Å²) >= 11 is 0. The van der Waals surface area contributed by atoms with E-state index in [1.54, 1.807) is 0 Å². The van der Waals surface area contributed by atoms with Crippen LogP contribution >= 0.6 is 0 Å². The number of nitrogens with one attached hydrogen (secondary N) is 1. The van der Waals surface area contributed by atoms with Crippen LogP contribution in [0.3, 0.4) is 0 Å². The van der Waals surface area contributed by atoms with Crippen LogP contribution in [0.5, 0.6) is 0 Å². The van der Waals surface area contributed by atoms with Crippen molar-refractivity contribution in [3.05, 3.63) is 41.7 Å². The molecule has 0 aliphatic carbocycles. The Balaban J connectivity index is 2.57. The number of benzene rings is 1. The summed E-state index contributed by atoms with van der Waals surface area (Å²) in [5.41, 5.74) is 1.84. The zero-order valence-corrected chi connectivity index (χ0v) is 10.9. The van der Waals surface area contributed by atoms with Gasteiger partial charge in [0.1, 0.15) is 23.8 Å². The third-order valence-electron chi connectivity index (χ3n) is 2.78. The van der Waals surface area contributed by atoms with Gasteiger partial charge in [0.25, 0.3) is 0 Å². The minimum Gasteiger partial charge on any atom is -0.370 e. The van der Waals surface area contributed by atoms with E-state index in [4.69, 9.17) is 0 Å². The maximum Gasteiger partial charge on any atom is 0.133 e. The molecule has 3 nitrogen and oxygen atoms in total. The van der Waals surface area contributed by atoms with Gasteiger partial charge < -0.3 is 5.32 Å². The van der Waals surface area contributed by atoms with Crippen LogP contribution < -0.4 is 5.32 Å². The van der Waals surface area contributed by atoms with Gasteiger partial charge in [0.2, 0.25) is 0 Å². The molecule has 100 valence electrons. The van der Waals surface area contributed by atoms with Crippen molar-refractivity contribution in [2.75, 3.05) is 11.9 Å². The van der Waals surface area contributed by atoms with E-state index in [1.807, 2.05) is 13.8 Å². The molecule has 0 saturated carbocycles. The molecule has 0 aliphatic rings. The van der Waals surface area contributed by atoms with Gasteiger partial charge in [-0.3, -0.25) is 0 Å². The summed E-state index contributed by atoms with van der Waals surface area (Å²) < 4.78 is 26.6. The van der Waals surface area contributed by atoms with Crippen molar-refractivity contribution in [1.82, 2.24) is 9.97 Å². The Labute approximate surface area is 110 Å². The van der Waals surface area contributed by atoms with Crippen LogP contribution in [0.4, 0.5) is 14.6 Å². The predicted molar refractivity (Wildman–Crippen MR) is 70.9 cm³/mol. The Morgan fingerprint density at radius 2 is 1.74 bits per heavy atom. The topological polar surface area (TPSA) is 37.8 Å². The molecule has 5 heteroatoms. The molecule has 0 atom stereocenters. The fourth-order valence-corrected chi connectivity index (χ4v) is 2.01. The second-order valence-corrected chi connectivity index (χ2v) is 4.09. The first-order chi connectivity index (χ1) is 9.15. The highest BCUT2D eigenvalue weighted by molar-refractivity contribution is 5.68. The highest BCUT2D eigenvalue weighted by atomic mass is 19.1. The first-order valence-corrected chi connectivity index (χ1v) is 6.19. The lowest BCUT2D eigenvalue weighted by Crippen LogP contribution is -2.06. The van der Waals surface area contributed by atoms with Crippen molar-refractivity contribution in [2.45, 2.75) is 20.3 Å². The Morgan fingerprint density at radius 3 is 2.32 bits per heavy atom. The normalized spacial score (nSPS) is 10.5. The zero-order chi connectivity index (χ0) is 13.8. The van der Waals surface area contributed by atoms with E-state index in [9.17, 15) is 8.78 Å². The van der Waals surface area contributed by atoms with Crippen molar-refractivity contribution >= 4 is 5.82 Å². The molecule has 0 aliphatic heterocycles. The number of hydrogen-bond acceptors (Lipinski definition) is 3.